The normalized spacial score (nSPS) is 16.3. The summed E-state index contributed by atoms with van der Waals surface area (Å²) in [6, 6.07) is 0. The second-order valence-electron chi connectivity index (χ2n) is 6.72. The molecule has 0 saturated carbocycles. The van der Waals surface area contributed by atoms with Crippen LogP contribution in [-0.2, 0) is 25.4 Å². The molecule has 1 aliphatic rings. The number of nitrogens with one attached hydrogen (secondary N) is 1. The fraction of sp³-hybridized carbons (Fsp3) is 0.588. The van der Waals surface area contributed by atoms with Crippen molar-refractivity contribution in [1.82, 2.24) is 29.1 Å². The fourth-order valence-corrected chi connectivity index (χ4v) is 3.19. The van der Waals surface area contributed by atoms with Crippen LogP contribution >= 0.6 is 0 Å². The summed E-state index contributed by atoms with van der Waals surface area (Å²) in [6.07, 6.45) is 3.80. The third kappa shape index (κ3) is 4.08. The summed E-state index contributed by atoms with van der Waals surface area (Å²) in [7, 11) is 3.91. The molecule has 136 valence electrons. The Morgan fingerprint density at radius 1 is 1.16 bits per heavy atom. The van der Waals surface area contributed by atoms with Crippen LogP contribution in [0.5, 0.6) is 0 Å². The quantitative estimate of drug-likeness (QED) is 0.856. The topological polar surface area (TPSA) is 71.2 Å². The molecule has 3 rings (SSSR count). The molecule has 1 amide bonds. The summed E-state index contributed by atoms with van der Waals surface area (Å²) < 4.78 is 3.85. The second kappa shape index (κ2) is 7.37. The minimum absolute atomic E-state index is 0.0248. The van der Waals surface area contributed by atoms with Gasteiger partial charge in [-0.3, -0.25) is 19.3 Å². The van der Waals surface area contributed by atoms with E-state index in [9.17, 15) is 4.79 Å². The van der Waals surface area contributed by atoms with Crippen molar-refractivity contribution in [2.75, 3.05) is 38.0 Å². The molecule has 0 aromatic carbocycles. The summed E-state index contributed by atoms with van der Waals surface area (Å²) in [4.78, 5) is 21.3. The van der Waals surface area contributed by atoms with Crippen molar-refractivity contribution in [2.45, 2.75) is 20.4 Å². The van der Waals surface area contributed by atoms with Crippen LogP contribution in [0.15, 0.2) is 12.4 Å². The first-order valence-electron chi connectivity index (χ1n) is 8.65. The van der Waals surface area contributed by atoms with Crippen LogP contribution in [-0.4, -0.2) is 67.8 Å². The first-order chi connectivity index (χ1) is 11.9. The Balaban J connectivity index is 1.47. The van der Waals surface area contributed by atoms with Gasteiger partial charge < -0.3 is 9.88 Å². The number of rotatable bonds is 5. The molecule has 8 heteroatoms. The summed E-state index contributed by atoms with van der Waals surface area (Å²) in [5, 5.41) is 7.35. The summed E-state index contributed by atoms with van der Waals surface area (Å²) in [5.74, 6) is 1.10. The standard InChI is InChI=1S/C17H27N7O/c1-13-17(14(2)22(4)20-13)19-16(25)12-24-9-7-23(8-10-24)11-15-18-5-6-21(15)3/h5-6H,7-12H2,1-4H3,(H,19,25). The number of carbonyl (C=O) groups excluding carboxylic acids is 1. The first-order valence-corrected chi connectivity index (χ1v) is 8.65. The van der Waals surface area contributed by atoms with Gasteiger partial charge in [-0.05, 0) is 13.8 Å². The van der Waals surface area contributed by atoms with E-state index in [2.05, 4.69) is 29.8 Å². The zero-order valence-corrected chi connectivity index (χ0v) is 15.5. The number of anilines is 1. The Kier molecular flexibility index (Phi) is 5.19. The van der Waals surface area contributed by atoms with Gasteiger partial charge in [-0.15, -0.1) is 0 Å². The van der Waals surface area contributed by atoms with Crippen LogP contribution in [0.3, 0.4) is 0 Å². The maximum absolute atomic E-state index is 12.4. The van der Waals surface area contributed by atoms with Crippen LogP contribution in [0.1, 0.15) is 17.2 Å². The zero-order valence-electron chi connectivity index (χ0n) is 15.5. The molecule has 1 aliphatic heterocycles. The molecule has 8 nitrogen and oxygen atoms in total. The average Bonchev–Trinajstić information content (AvgIpc) is 3.08. The molecular formula is C17H27N7O. The second-order valence-corrected chi connectivity index (χ2v) is 6.72. The van der Waals surface area contributed by atoms with Gasteiger partial charge in [0.15, 0.2) is 0 Å². The number of piperazine rings is 1. The molecule has 1 saturated heterocycles. The monoisotopic (exact) mass is 345 g/mol. The van der Waals surface area contributed by atoms with E-state index in [4.69, 9.17) is 0 Å². The lowest BCUT2D eigenvalue weighted by atomic mass is 10.3. The first kappa shape index (κ1) is 17.6. The van der Waals surface area contributed by atoms with Crippen molar-refractivity contribution in [2.24, 2.45) is 14.1 Å². The van der Waals surface area contributed by atoms with Crippen LogP contribution in [0.4, 0.5) is 5.69 Å². The lowest BCUT2D eigenvalue weighted by molar-refractivity contribution is -0.117. The Labute approximate surface area is 148 Å². The maximum atomic E-state index is 12.4. The lowest BCUT2D eigenvalue weighted by Gasteiger charge is -2.34. The fourth-order valence-electron chi connectivity index (χ4n) is 3.19. The Hall–Kier alpha value is -2.19. The molecule has 3 heterocycles. The number of hydrogen-bond acceptors (Lipinski definition) is 5. The van der Waals surface area contributed by atoms with Crippen LogP contribution in [0.2, 0.25) is 0 Å². The molecule has 0 radical (unpaired) electrons. The van der Waals surface area contributed by atoms with Gasteiger partial charge >= 0.3 is 0 Å². The average molecular weight is 345 g/mol. The number of carbonyl (C=O) groups is 1. The van der Waals surface area contributed by atoms with Gasteiger partial charge in [0.25, 0.3) is 0 Å². The van der Waals surface area contributed by atoms with Crippen LogP contribution in [0, 0.1) is 13.8 Å². The van der Waals surface area contributed by atoms with Crippen LogP contribution < -0.4 is 5.32 Å². The molecule has 1 N–H and O–H groups in total. The number of aromatic nitrogens is 4. The number of imidazole rings is 1. The van der Waals surface area contributed by atoms with Gasteiger partial charge in [-0.25, -0.2) is 4.98 Å². The van der Waals surface area contributed by atoms with Crippen molar-refractivity contribution in [3.63, 3.8) is 0 Å². The molecule has 0 atom stereocenters. The Bertz CT molecular complexity index is 740. The van der Waals surface area contributed by atoms with Crippen LogP contribution in [0.25, 0.3) is 0 Å². The highest BCUT2D eigenvalue weighted by atomic mass is 16.2. The molecule has 25 heavy (non-hydrogen) atoms. The lowest BCUT2D eigenvalue weighted by Crippen LogP contribution is -2.48. The predicted octanol–water partition coefficient (Wildman–Crippen LogP) is 0.527. The van der Waals surface area contributed by atoms with E-state index in [0.717, 1.165) is 55.6 Å². The number of aryl methyl sites for hydroxylation is 3. The van der Waals surface area contributed by atoms with Gasteiger partial charge in [-0.2, -0.15) is 5.10 Å². The van der Waals surface area contributed by atoms with E-state index in [-0.39, 0.29) is 5.91 Å². The van der Waals surface area contributed by atoms with Crippen molar-refractivity contribution in [3.05, 3.63) is 29.6 Å². The third-order valence-corrected chi connectivity index (χ3v) is 4.89. The molecule has 0 aliphatic carbocycles. The maximum Gasteiger partial charge on any atom is 0.238 e. The van der Waals surface area contributed by atoms with Crippen molar-refractivity contribution < 1.29 is 4.79 Å². The molecule has 0 bridgehead atoms. The largest absolute Gasteiger partial charge is 0.337 e. The molecular weight excluding hydrogens is 318 g/mol. The van der Waals surface area contributed by atoms with Crippen molar-refractivity contribution in [3.8, 4) is 0 Å². The minimum atomic E-state index is 0.0248. The Morgan fingerprint density at radius 3 is 2.40 bits per heavy atom. The highest BCUT2D eigenvalue weighted by Gasteiger charge is 2.21. The zero-order chi connectivity index (χ0) is 18.0. The number of amides is 1. The van der Waals surface area contributed by atoms with Crippen molar-refractivity contribution >= 4 is 11.6 Å². The van der Waals surface area contributed by atoms with Gasteiger partial charge in [0.2, 0.25) is 5.91 Å². The van der Waals surface area contributed by atoms with E-state index < -0.39 is 0 Å². The van der Waals surface area contributed by atoms with Gasteiger partial charge in [-0.1, -0.05) is 0 Å². The van der Waals surface area contributed by atoms with E-state index in [1.807, 2.05) is 40.3 Å². The molecule has 0 spiro atoms. The summed E-state index contributed by atoms with van der Waals surface area (Å²) in [6.45, 7) is 8.84. The molecule has 1 fully saturated rings. The summed E-state index contributed by atoms with van der Waals surface area (Å²) in [5.41, 5.74) is 2.67. The number of nitrogens with zero attached hydrogens (tertiary/aromatic N) is 6. The van der Waals surface area contributed by atoms with E-state index in [0.29, 0.717) is 6.54 Å². The van der Waals surface area contributed by atoms with Gasteiger partial charge in [0.05, 0.1) is 30.2 Å². The van der Waals surface area contributed by atoms with E-state index >= 15 is 0 Å². The van der Waals surface area contributed by atoms with Gasteiger partial charge in [0, 0.05) is 52.7 Å². The molecule has 2 aromatic rings. The SMILES string of the molecule is Cc1nn(C)c(C)c1NC(=O)CN1CCN(Cc2nccn2C)CC1. The molecule has 2 aromatic heterocycles. The third-order valence-electron chi connectivity index (χ3n) is 4.89. The minimum Gasteiger partial charge on any atom is -0.337 e. The predicted molar refractivity (Wildman–Crippen MR) is 96.2 cm³/mol. The highest BCUT2D eigenvalue weighted by molar-refractivity contribution is 5.93. The smallest absolute Gasteiger partial charge is 0.238 e. The van der Waals surface area contributed by atoms with E-state index in [1.165, 1.54) is 0 Å². The number of hydrogen-bond donors (Lipinski definition) is 1. The highest BCUT2D eigenvalue weighted by Crippen LogP contribution is 2.18. The van der Waals surface area contributed by atoms with Gasteiger partial charge in [0.1, 0.15) is 5.82 Å². The van der Waals surface area contributed by atoms with E-state index in [1.54, 1.807) is 4.68 Å². The Morgan fingerprint density at radius 2 is 1.84 bits per heavy atom. The van der Waals surface area contributed by atoms with Crippen molar-refractivity contribution in [1.29, 1.82) is 0 Å². The summed E-state index contributed by atoms with van der Waals surface area (Å²) >= 11 is 0. The molecule has 0 unspecified atom stereocenters.